The Balaban J connectivity index is 2.40. The standard InChI is InChI=1S/C25H32O/c1-16-14-17-10-9-11-18(20(17)15-16)19-12-13-21(26-8)23(25(5,6)7)22(19)24(2,3)4/h9-13,15H,14H2,1-8H3. The second-order valence-electron chi connectivity index (χ2n) is 9.61. The average Bonchev–Trinajstić information content (AvgIpc) is 2.91. The first-order chi connectivity index (χ1) is 12.0. The van der Waals surface area contributed by atoms with Crippen LogP contribution in [0.15, 0.2) is 35.9 Å². The molecule has 0 aliphatic heterocycles. The smallest absolute Gasteiger partial charge is 0.122 e. The summed E-state index contributed by atoms with van der Waals surface area (Å²) in [5.74, 6) is 0.991. The maximum atomic E-state index is 5.80. The van der Waals surface area contributed by atoms with Crippen molar-refractivity contribution in [3.8, 4) is 16.9 Å². The van der Waals surface area contributed by atoms with Gasteiger partial charge in [-0.1, -0.05) is 77.5 Å². The first-order valence-electron chi connectivity index (χ1n) is 9.55. The van der Waals surface area contributed by atoms with E-state index in [9.17, 15) is 0 Å². The number of hydrogen-bond donors (Lipinski definition) is 0. The summed E-state index contributed by atoms with van der Waals surface area (Å²) in [7, 11) is 1.78. The highest BCUT2D eigenvalue weighted by Gasteiger charge is 2.32. The van der Waals surface area contributed by atoms with Gasteiger partial charge in [0, 0.05) is 5.56 Å². The van der Waals surface area contributed by atoms with Gasteiger partial charge in [-0.25, -0.2) is 0 Å². The number of fused-ring (bicyclic) bond motifs is 1. The summed E-state index contributed by atoms with van der Waals surface area (Å²) in [5.41, 5.74) is 9.70. The van der Waals surface area contributed by atoms with Crippen LogP contribution < -0.4 is 4.74 Å². The van der Waals surface area contributed by atoms with E-state index in [1.54, 1.807) is 7.11 Å². The van der Waals surface area contributed by atoms with Crippen LogP contribution in [0.25, 0.3) is 17.2 Å². The summed E-state index contributed by atoms with van der Waals surface area (Å²) >= 11 is 0. The summed E-state index contributed by atoms with van der Waals surface area (Å²) in [6.07, 6.45) is 3.43. The zero-order valence-electron chi connectivity index (χ0n) is 17.6. The Hall–Kier alpha value is -2.02. The highest BCUT2D eigenvalue weighted by molar-refractivity contribution is 5.84. The molecule has 2 aromatic carbocycles. The Bertz CT molecular complexity index is 870. The number of ether oxygens (including phenoxy) is 1. The molecule has 0 aromatic heterocycles. The minimum Gasteiger partial charge on any atom is -0.496 e. The van der Waals surface area contributed by atoms with Crippen LogP contribution in [0.1, 0.15) is 70.7 Å². The summed E-state index contributed by atoms with van der Waals surface area (Å²) in [5, 5.41) is 0. The van der Waals surface area contributed by atoms with Crippen LogP contribution in [-0.4, -0.2) is 7.11 Å². The molecule has 138 valence electrons. The lowest BCUT2D eigenvalue weighted by molar-refractivity contribution is 0.392. The normalized spacial score (nSPS) is 14.2. The molecule has 0 saturated carbocycles. The maximum Gasteiger partial charge on any atom is 0.122 e. The molecule has 1 heteroatoms. The van der Waals surface area contributed by atoms with Gasteiger partial charge in [0.15, 0.2) is 0 Å². The zero-order valence-corrected chi connectivity index (χ0v) is 17.6. The van der Waals surface area contributed by atoms with Crippen molar-refractivity contribution in [1.82, 2.24) is 0 Å². The number of benzene rings is 2. The molecule has 0 heterocycles. The number of allylic oxidation sites excluding steroid dienone is 1. The summed E-state index contributed by atoms with van der Waals surface area (Å²) in [6.45, 7) is 16.0. The molecule has 0 bridgehead atoms. The maximum absolute atomic E-state index is 5.80. The van der Waals surface area contributed by atoms with Crippen molar-refractivity contribution in [2.45, 2.75) is 65.7 Å². The summed E-state index contributed by atoms with van der Waals surface area (Å²) < 4.78 is 5.80. The van der Waals surface area contributed by atoms with Crippen molar-refractivity contribution in [1.29, 1.82) is 0 Å². The SMILES string of the molecule is COc1ccc(-c2cccc3c2C=C(C)C3)c(C(C)(C)C)c1C(C)(C)C. The van der Waals surface area contributed by atoms with Crippen LogP contribution in [0.5, 0.6) is 5.75 Å². The first kappa shape index (κ1) is 18.8. The van der Waals surface area contributed by atoms with Gasteiger partial charge in [0.1, 0.15) is 5.75 Å². The molecule has 0 radical (unpaired) electrons. The van der Waals surface area contributed by atoms with E-state index in [0.717, 1.165) is 12.2 Å². The predicted octanol–water partition coefficient (Wildman–Crippen LogP) is 6.92. The van der Waals surface area contributed by atoms with Gasteiger partial charge in [-0.3, -0.25) is 0 Å². The lowest BCUT2D eigenvalue weighted by atomic mass is 9.71. The van der Waals surface area contributed by atoms with E-state index in [-0.39, 0.29) is 10.8 Å². The molecule has 3 rings (SSSR count). The average molecular weight is 349 g/mol. The Morgan fingerprint density at radius 3 is 2.04 bits per heavy atom. The van der Waals surface area contributed by atoms with Gasteiger partial charge in [-0.05, 0) is 58.1 Å². The van der Waals surface area contributed by atoms with Gasteiger partial charge in [0.2, 0.25) is 0 Å². The molecule has 1 nitrogen and oxygen atoms in total. The van der Waals surface area contributed by atoms with E-state index in [4.69, 9.17) is 4.74 Å². The van der Waals surface area contributed by atoms with Gasteiger partial charge in [-0.2, -0.15) is 0 Å². The van der Waals surface area contributed by atoms with E-state index < -0.39 is 0 Å². The minimum absolute atomic E-state index is 0.00761. The molecule has 1 aliphatic rings. The van der Waals surface area contributed by atoms with Gasteiger partial charge >= 0.3 is 0 Å². The van der Waals surface area contributed by atoms with E-state index in [1.165, 1.54) is 39.0 Å². The van der Waals surface area contributed by atoms with Crippen LogP contribution in [0.4, 0.5) is 0 Å². The van der Waals surface area contributed by atoms with Crippen molar-refractivity contribution in [3.63, 3.8) is 0 Å². The van der Waals surface area contributed by atoms with Crippen molar-refractivity contribution >= 4 is 6.08 Å². The van der Waals surface area contributed by atoms with Gasteiger partial charge in [0.05, 0.1) is 7.11 Å². The van der Waals surface area contributed by atoms with Crippen molar-refractivity contribution in [3.05, 3.63) is 58.2 Å². The molecule has 2 aromatic rings. The lowest BCUT2D eigenvalue weighted by Gasteiger charge is -2.34. The highest BCUT2D eigenvalue weighted by atomic mass is 16.5. The molecule has 1 aliphatic carbocycles. The molecule has 0 atom stereocenters. The second-order valence-corrected chi connectivity index (χ2v) is 9.61. The van der Waals surface area contributed by atoms with Crippen molar-refractivity contribution in [2.24, 2.45) is 0 Å². The summed E-state index contributed by atoms with van der Waals surface area (Å²) in [4.78, 5) is 0. The third kappa shape index (κ3) is 3.20. The Labute approximate surface area is 159 Å². The molecular weight excluding hydrogens is 316 g/mol. The van der Waals surface area contributed by atoms with E-state index in [1.807, 2.05) is 0 Å². The third-order valence-corrected chi connectivity index (χ3v) is 5.23. The largest absolute Gasteiger partial charge is 0.496 e. The van der Waals surface area contributed by atoms with Gasteiger partial charge < -0.3 is 4.74 Å². The number of methoxy groups -OCH3 is 1. The second kappa shape index (κ2) is 6.30. The summed E-state index contributed by atoms with van der Waals surface area (Å²) in [6, 6.07) is 11.1. The first-order valence-corrected chi connectivity index (χ1v) is 9.55. The fourth-order valence-corrected chi connectivity index (χ4v) is 4.27. The van der Waals surface area contributed by atoms with Crippen molar-refractivity contribution < 1.29 is 4.74 Å². The quantitative estimate of drug-likeness (QED) is 0.572. The number of hydrogen-bond acceptors (Lipinski definition) is 1. The van der Waals surface area contributed by atoms with Crippen LogP contribution >= 0.6 is 0 Å². The van der Waals surface area contributed by atoms with Crippen LogP contribution in [0.3, 0.4) is 0 Å². The van der Waals surface area contributed by atoms with Gasteiger partial charge in [0.25, 0.3) is 0 Å². The Morgan fingerprint density at radius 2 is 1.46 bits per heavy atom. The topological polar surface area (TPSA) is 9.23 Å². The third-order valence-electron chi connectivity index (χ3n) is 5.23. The van der Waals surface area contributed by atoms with E-state index >= 15 is 0 Å². The molecule has 26 heavy (non-hydrogen) atoms. The van der Waals surface area contributed by atoms with Crippen LogP contribution in [0, 0.1) is 0 Å². The number of rotatable bonds is 2. The van der Waals surface area contributed by atoms with Gasteiger partial charge in [-0.15, -0.1) is 0 Å². The Morgan fingerprint density at radius 1 is 0.808 bits per heavy atom. The zero-order chi connectivity index (χ0) is 19.3. The molecular formula is C25H32O. The molecule has 0 N–H and O–H groups in total. The fraction of sp³-hybridized carbons (Fsp3) is 0.440. The Kier molecular flexibility index (Phi) is 4.55. The molecule has 0 saturated heterocycles. The predicted molar refractivity (Wildman–Crippen MR) is 113 cm³/mol. The molecule has 0 spiro atoms. The van der Waals surface area contributed by atoms with E-state index in [0.29, 0.717) is 0 Å². The lowest BCUT2D eigenvalue weighted by Crippen LogP contribution is -2.24. The molecule has 0 fully saturated rings. The van der Waals surface area contributed by atoms with Crippen molar-refractivity contribution in [2.75, 3.05) is 7.11 Å². The molecule has 0 unspecified atom stereocenters. The fourth-order valence-electron chi connectivity index (χ4n) is 4.27. The molecule has 0 amide bonds. The van der Waals surface area contributed by atoms with Crippen LogP contribution in [-0.2, 0) is 17.3 Å². The monoisotopic (exact) mass is 348 g/mol. The highest BCUT2D eigenvalue weighted by Crippen LogP contribution is 2.46. The van der Waals surface area contributed by atoms with Crippen LogP contribution in [0.2, 0.25) is 0 Å². The van der Waals surface area contributed by atoms with E-state index in [2.05, 4.69) is 84.9 Å². The minimum atomic E-state index is 0.00761.